The van der Waals surface area contributed by atoms with E-state index in [1.807, 2.05) is 37.3 Å². The predicted octanol–water partition coefficient (Wildman–Crippen LogP) is 2.06. The van der Waals surface area contributed by atoms with Crippen LogP contribution in [0.4, 0.5) is 0 Å². The number of rotatable bonds is 3. The smallest absolute Gasteiger partial charge is 0.226 e. The molecule has 1 N–H and O–H groups in total. The number of aromatic nitrogens is 1. The zero-order chi connectivity index (χ0) is 13.1. The third kappa shape index (κ3) is 2.85. The van der Waals surface area contributed by atoms with Crippen LogP contribution in [0.2, 0.25) is 0 Å². The van der Waals surface area contributed by atoms with E-state index in [9.17, 15) is 0 Å². The molecule has 2 heterocycles. The van der Waals surface area contributed by atoms with Crippen molar-refractivity contribution in [2.45, 2.75) is 13.5 Å². The highest BCUT2D eigenvalue weighted by molar-refractivity contribution is 5.53. The third-order valence-electron chi connectivity index (χ3n) is 3.49. The molecule has 0 spiro atoms. The number of piperazine rings is 1. The number of oxazole rings is 1. The monoisotopic (exact) mass is 257 g/mol. The van der Waals surface area contributed by atoms with E-state index in [1.54, 1.807) is 0 Å². The Hall–Kier alpha value is -1.65. The maximum Gasteiger partial charge on any atom is 0.226 e. The van der Waals surface area contributed by atoms with Crippen LogP contribution in [-0.4, -0.2) is 36.1 Å². The summed E-state index contributed by atoms with van der Waals surface area (Å²) in [5.41, 5.74) is 2.04. The minimum absolute atomic E-state index is 0.725. The molecule has 4 heteroatoms. The fourth-order valence-electron chi connectivity index (χ4n) is 2.35. The van der Waals surface area contributed by atoms with Crippen molar-refractivity contribution < 1.29 is 4.42 Å². The number of benzene rings is 1. The van der Waals surface area contributed by atoms with Crippen molar-refractivity contribution in [1.29, 1.82) is 0 Å². The number of aryl methyl sites for hydroxylation is 1. The van der Waals surface area contributed by atoms with Gasteiger partial charge in [0.15, 0.2) is 0 Å². The third-order valence-corrected chi connectivity index (χ3v) is 3.49. The molecule has 1 fully saturated rings. The Bertz CT molecular complexity index is 530. The van der Waals surface area contributed by atoms with Crippen molar-refractivity contribution in [3.8, 4) is 11.5 Å². The molecule has 1 aliphatic heterocycles. The summed E-state index contributed by atoms with van der Waals surface area (Å²) >= 11 is 0. The van der Waals surface area contributed by atoms with E-state index in [0.29, 0.717) is 0 Å². The molecule has 1 saturated heterocycles. The van der Waals surface area contributed by atoms with Crippen LogP contribution in [0, 0.1) is 6.92 Å². The van der Waals surface area contributed by atoms with E-state index < -0.39 is 0 Å². The summed E-state index contributed by atoms with van der Waals surface area (Å²) in [6, 6.07) is 10.1. The standard InChI is InChI=1S/C15H19N3O/c1-12-14(11-18-9-7-16-8-10-18)19-15(17-12)13-5-3-2-4-6-13/h2-6,16H,7-11H2,1H3. The molecule has 0 unspecified atom stereocenters. The molecule has 0 atom stereocenters. The first-order chi connectivity index (χ1) is 9.33. The second kappa shape index (κ2) is 5.55. The second-order valence-electron chi connectivity index (χ2n) is 4.92. The van der Waals surface area contributed by atoms with Crippen LogP contribution in [-0.2, 0) is 6.54 Å². The SMILES string of the molecule is Cc1nc(-c2ccccc2)oc1CN1CCNCC1. The zero-order valence-electron chi connectivity index (χ0n) is 11.2. The van der Waals surface area contributed by atoms with Gasteiger partial charge in [-0.15, -0.1) is 0 Å². The van der Waals surface area contributed by atoms with E-state index in [0.717, 1.165) is 55.6 Å². The molecule has 0 saturated carbocycles. The Morgan fingerprint density at radius 2 is 1.95 bits per heavy atom. The van der Waals surface area contributed by atoms with Gasteiger partial charge in [-0.2, -0.15) is 0 Å². The summed E-state index contributed by atoms with van der Waals surface area (Å²) in [6.45, 7) is 7.12. The Labute approximate surface area is 113 Å². The van der Waals surface area contributed by atoms with Crippen molar-refractivity contribution in [3.63, 3.8) is 0 Å². The molecule has 0 bridgehead atoms. The Kier molecular flexibility index (Phi) is 3.62. The molecule has 2 aromatic rings. The molecule has 1 aromatic carbocycles. The van der Waals surface area contributed by atoms with E-state index in [2.05, 4.69) is 15.2 Å². The molecule has 100 valence electrons. The maximum absolute atomic E-state index is 5.93. The average molecular weight is 257 g/mol. The summed E-state index contributed by atoms with van der Waals surface area (Å²) < 4.78 is 5.93. The van der Waals surface area contributed by atoms with Gasteiger partial charge in [-0.3, -0.25) is 4.90 Å². The minimum atomic E-state index is 0.725. The van der Waals surface area contributed by atoms with E-state index in [4.69, 9.17) is 4.42 Å². The molecule has 0 amide bonds. The topological polar surface area (TPSA) is 41.3 Å². The Morgan fingerprint density at radius 3 is 2.68 bits per heavy atom. The van der Waals surface area contributed by atoms with Gasteiger partial charge in [0.1, 0.15) is 5.76 Å². The Balaban J connectivity index is 1.77. The number of hydrogen-bond donors (Lipinski definition) is 1. The number of nitrogens with zero attached hydrogens (tertiary/aromatic N) is 2. The molecule has 1 aliphatic rings. The molecule has 19 heavy (non-hydrogen) atoms. The quantitative estimate of drug-likeness (QED) is 0.913. The van der Waals surface area contributed by atoms with Crippen LogP contribution in [0.3, 0.4) is 0 Å². The lowest BCUT2D eigenvalue weighted by atomic mass is 10.2. The largest absolute Gasteiger partial charge is 0.440 e. The van der Waals surface area contributed by atoms with Gasteiger partial charge in [-0.05, 0) is 19.1 Å². The predicted molar refractivity (Wildman–Crippen MR) is 74.8 cm³/mol. The number of hydrogen-bond acceptors (Lipinski definition) is 4. The van der Waals surface area contributed by atoms with Crippen LogP contribution >= 0.6 is 0 Å². The first kappa shape index (κ1) is 12.4. The lowest BCUT2D eigenvalue weighted by Gasteiger charge is -2.26. The fraction of sp³-hybridized carbons (Fsp3) is 0.400. The first-order valence-corrected chi connectivity index (χ1v) is 6.78. The van der Waals surface area contributed by atoms with Crippen LogP contribution in [0.15, 0.2) is 34.7 Å². The minimum Gasteiger partial charge on any atom is -0.440 e. The van der Waals surface area contributed by atoms with E-state index in [-0.39, 0.29) is 0 Å². The van der Waals surface area contributed by atoms with Crippen LogP contribution in [0.5, 0.6) is 0 Å². The highest BCUT2D eigenvalue weighted by Crippen LogP contribution is 2.22. The van der Waals surface area contributed by atoms with Crippen LogP contribution in [0.25, 0.3) is 11.5 Å². The highest BCUT2D eigenvalue weighted by atomic mass is 16.4. The van der Waals surface area contributed by atoms with Crippen LogP contribution in [0.1, 0.15) is 11.5 Å². The average Bonchev–Trinajstić information content (AvgIpc) is 2.82. The van der Waals surface area contributed by atoms with Crippen molar-refractivity contribution in [1.82, 2.24) is 15.2 Å². The van der Waals surface area contributed by atoms with Gasteiger partial charge >= 0.3 is 0 Å². The van der Waals surface area contributed by atoms with Crippen molar-refractivity contribution in [3.05, 3.63) is 41.8 Å². The lowest BCUT2D eigenvalue weighted by molar-refractivity contribution is 0.216. The zero-order valence-corrected chi connectivity index (χ0v) is 11.2. The van der Waals surface area contributed by atoms with Gasteiger partial charge in [0.2, 0.25) is 5.89 Å². The fourth-order valence-corrected chi connectivity index (χ4v) is 2.35. The molecular formula is C15H19N3O. The Morgan fingerprint density at radius 1 is 1.21 bits per heavy atom. The highest BCUT2D eigenvalue weighted by Gasteiger charge is 2.16. The molecular weight excluding hydrogens is 238 g/mol. The lowest BCUT2D eigenvalue weighted by Crippen LogP contribution is -2.42. The molecule has 0 aliphatic carbocycles. The van der Waals surface area contributed by atoms with Gasteiger partial charge in [-0.25, -0.2) is 4.98 Å². The van der Waals surface area contributed by atoms with Crippen molar-refractivity contribution >= 4 is 0 Å². The van der Waals surface area contributed by atoms with Crippen molar-refractivity contribution in [2.24, 2.45) is 0 Å². The maximum atomic E-state index is 5.93. The van der Waals surface area contributed by atoms with Gasteiger partial charge in [0, 0.05) is 31.7 Å². The van der Waals surface area contributed by atoms with Gasteiger partial charge < -0.3 is 9.73 Å². The summed E-state index contributed by atoms with van der Waals surface area (Å²) in [6.07, 6.45) is 0. The summed E-state index contributed by atoms with van der Waals surface area (Å²) in [5, 5.41) is 3.36. The molecule has 1 aromatic heterocycles. The van der Waals surface area contributed by atoms with Crippen molar-refractivity contribution in [2.75, 3.05) is 26.2 Å². The van der Waals surface area contributed by atoms with Gasteiger partial charge in [-0.1, -0.05) is 18.2 Å². The molecule has 4 nitrogen and oxygen atoms in total. The normalized spacial score (nSPS) is 16.7. The van der Waals surface area contributed by atoms with Gasteiger partial charge in [0.05, 0.1) is 12.2 Å². The van der Waals surface area contributed by atoms with Gasteiger partial charge in [0.25, 0.3) is 0 Å². The summed E-state index contributed by atoms with van der Waals surface area (Å²) in [5.74, 6) is 1.71. The summed E-state index contributed by atoms with van der Waals surface area (Å²) in [4.78, 5) is 6.94. The second-order valence-corrected chi connectivity index (χ2v) is 4.92. The number of nitrogens with one attached hydrogen (secondary N) is 1. The van der Waals surface area contributed by atoms with E-state index in [1.165, 1.54) is 0 Å². The van der Waals surface area contributed by atoms with E-state index >= 15 is 0 Å². The van der Waals surface area contributed by atoms with Crippen LogP contribution < -0.4 is 5.32 Å². The molecule has 0 radical (unpaired) electrons. The first-order valence-electron chi connectivity index (χ1n) is 6.78. The summed E-state index contributed by atoms with van der Waals surface area (Å²) in [7, 11) is 0. The molecule has 3 rings (SSSR count).